The molecule has 1 aromatic heterocycles. The zero-order valence-corrected chi connectivity index (χ0v) is 17.4. The van der Waals surface area contributed by atoms with Gasteiger partial charge in [-0.3, -0.25) is 4.79 Å². The molecule has 3 rings (SSSR count). The van der Waals surface area contributed by atoms with Gasteiger partial charge in [-0.2, -0.15) is 0 Å². The molecule has 1 heterocycles. The number of aryl methyl sites for hydroxylation is 1. The van der Waals surface area contributed by atoms with Crippen LogP contribution >= 0.6 is 0 Å². The van der Waals surface area contributed by atoms with Gasteiger partial charge in [0.1, 0.15) is 11.3 Å². The summed E-state index contributed by atoms with van der Waals surface area (Å²) in [6.45, 7) is 4.21. The third-order valence-electron chi connectivity index (χ3n) is 5.75. The molecule has 0 unspecified atom stereocenters. The summed E-state index contributed by atoms with van der Waals surface area (Å²) in [5.74, 6) is -0.865. The quantitative estimate of drug-likeness (QED) is 0.663. The number of hydrogen-bond acceptors (Lipinski definition) is 6. The fourth-order valence-electron chi connectivity index (χ4n) is 4.01. The molecule has 0 spiro atoms. The molecule has 1 saturated carbocycles. The Morgan fingerprint density at radius 3 is 2.63 bits per heavy atom. The summed E-state index contributed by atoms with van der Waals surface area (Å²) < 4.78 is 11.1. The second-order valence-electron chi connectivity index (χ2n) is 8.04. The van der Waals surface area contributed by atoms with Crippen molar-refractivity contribution in [3.05, 3.63) is 40.2 Å². The van der Waals surface area contributed by atoms with Gasteiger partial charge < -0.3 is 24.4 Å². The number of amides is 1. The van der Waals surface area contributed by atoms with E-state index in [-0.39, 0.29) is 17.7 Å². The van der Waals surface area contributed by atoms with E-state index in [9.17, 15) is 19.5 Å². The summed E-state index contributed by atoms with van der Waals surface area (Å²) in [7, 11) is 0. The van der Waals surface area contributed by atoms with Crippen LogP contribution in [-0.2, 0) is 16.0 Å². The minimum atomic E-state index is -0.979. The molecule has 1 N–H and O–H groups in total. The lowest BCUT2D eigenvalue weighted by molar-refractivity contribution is -0.312. The van der Waals surface area contributed by atoms with Crippen molar-refractivity contribution in [3.63, 3.8) is 0 Å². The summed E-state index contributed by atoms with van der Waals surface area (Å²) in [5, 5.41) is 14.7. The van der Waals surface area contributed by atoms with Gasteiger partial charge in [-0.05, 0) is 68.6 Å². The van der Waals surface area contributed by atoms with Crippen LogP contribution in [0.25, 0.3) is 11.0 Å². The summed E-state index contributed by atoms with van der Waals surface area (Å²) in [6.07, 6.45) is 3.70. The van der Waals surface area contributed by atoms with Crippen molar-refractivity contribution in [2.75, 3.05) is 6.54 Å². The van der Waals surface area contributed by atoms with E-state index in [0.29, 0.717) is 30.7 Å². The number of carboxylic acid groups (broad SMARTS) is 1. The molecule has 0 radical (unpaired) electrons. The molecule has 1 aliphatic rings. The summed E-state index contributed by atoms with van der Waals surface area (Å²) in [5.41, 5.74) is 0.984. The van der Waals surface area contributed by atoms with E-state index in [0.717, 1.165) is 36.6 Å². The maximum absolute atomic E-state index is 12.4. The van der Waals surface area contributed by atoms with E-state index in [2.05, 4.69) is 5.32 Å². The topological polar surface area (TPSA) is 109 Å². The van der Waals surface area contributed by atoms with Crippen LogP contribution in [-0.4, -0.2) is 24.5 Å². The molecule has 1 fully saturated rings. The van der Waals surface area contributed by atoms with Gasteiger partial charge in [0.15, 0.2) is 6.10 Å². The van der Waals surface area contributed by atoms with Crippen LogP contribution in [0, 0.1) is 11.8 Å². The molecule has 1 aliphatic carbocycles. The maximum atomic E-state index is 12.4. The first-order chi connectivity index (χ1) is 14.4. The normalized spacial score (nSPS) is 19.9. The molecule has 0 saturated heterocycles. The number of carbonyl (C=O) groups excluding carboxylic acids is 2. The lowest BCUT2D eigenvalue weighted by Crippen LogP contribution is -2.40. The highest BCUT2D eigenvalue weighted by Gasteiger charge is 2.23. The van der Waals surface area contributed by atoms with Crippen LogP contribution in [0.15, 0.2) is 33.5 Å². The zero-order chi connectivity index (χ0) is 21.7. The third kappa shape index (κ3) is 5.40. The van der Waals surface area contributed by atoms with Crippen molar-refractivity contribution in [2.45, 2.75) is 58.5 Å². The van der Waals surface area contributed by atoms with Gasteiger partial charge in [-0.25, -0.2) is 4.79 Å². The SMILES string of the molecule is CCCc1cc(=O)oc2cc(O[C@H](C)C(=O)NCC3CCC(C(=O)[O-])CC3)ccc12. The number of carboxylic acids is 1. The molecule has 1 atom stereocenters. The molecule has 7 heteroatoms. The smallest absolute Gasteiger partial charge is 0.336 e. The van der Waals surface area contributed by atoms with Crippen molar-refractivity contribution in [1.29, 1.82) is 0 Å². The largest absolute Gasteiger partial charge is 0.550 e. The predicted molar refractivity (Wildman–Crippen MR) is 110 cm³/mol. The Labute approximate surface area is 175 Å². The van der Waals surface area contributed by atoms with Gasteiger partial charge >= 0.3 is 5.63 Å². The summed E-state index contributed by atoms with van der Waals surface area (Å²) in [6, 6.07) is 6.77. The Bertz CT molecular complexity index is 958. The van der Waals surface area contributed by atoms with Crippen LogP contribution in [0.2, 0.25) is 0 Å². The molecule has 2 aromatic rings. The van der Waals surface area contributed by atoms with Crippen LogP contribution in [0.3, 0.4) is 0 Å². The van der Waals surface area contributed by atoms with E-state index in [1.165, 1.54) is 6.07 Å². The highest BCUT2D eigenvalue weighted by Crippen LogP contribution is 2.28. The molecular formula is C23H28NO6-. The maximum Gasteiger partial charge on any atom is 0.336 e. The molecule has 0 bridgehead atoms. The van der Waals surface area contributed by atoms with Crippen LogP contribution in [0.4, 0.5) is 0 Å². The molecular weight excluding hydrogens is 386 g/mol. The minimum Gasteiger partial charge on any atom is -0.550 e. The Hall–Kier alpha value is -2.83. The average molecular weight is 414 g/mol. The summed E-state index contributed by atoms with van der Waals surface area (Å²) >= 11 is 0. The van der Waals surface area contributed by atoms with Crippen molar-refractivity contribution in [1.82, 2.24) is 5.32 Å². The second kappa shape index (κ2) is 9.78. The molecule has 162 valence electrons. The Morgan fingerprint density at radius 1 is 1.23 bits per heavy atom. The zero-order valence-electron chi connectivity index (χ0n) is 17.4. The highest BCUT2D eigenvalue weighted by atomic mass is 16.5. The van der Waals surface area contributed by atoms with Crippen LogP contribution < -0.4 is 20.8 Å². The molecule has 30 heavy (non-hydrogen) atoms. The van der Waals surface area contributed by atoms with Crippen molar-refractivity contribution in [3.8, 4) is 5.75 Å². The van der Waals surface area contributed by atoms with E-state index in [1.54, 1.807) is 19.1 Å². The number of ether oxygens (including phenoxy) is 1. The van der Waals surface area contributed by atoms with Crippen molar-refractivity contribution >= 4 is 22.8 Å². The van der Waals surface area contributed by atoms with Gasteiger partial charge in [-0.15, -0.1) is 0 Å². The number of nitrogens with one attached hydrogen (secondary N) is 1. The van der Waals surface area contributed by atoms with Gasteiger partial charge in [0.2, 0.25) is 0 Å². The molecule has 7 nitrogen and oxygen atoms in total. The van der Waals surface area contributed by atoms with E-state index in [4.69, 9.17) is 9.15 Å². The van der Waals surface area contributed by atoms with E-state index < -0.39 is 17.7 Å². The lowest BCUT2D eigenvalue weighted by atomic mass is 9.82. The van der Waals surface area contributed by atoms with Crippen molar-refractivity contribution < 1.29 is 23.8 Å². The number of carbonyl (C=O) groups is 2. The van der Waals surface area contributed by atoms with Crippen molar-refractivity contribution in [2.24, 2.45) is 11.8 Å². The third-order valence-corrected chi connectivity index (χ3v) is 5.75. The van der Waals surface area contributed by atoms with Gasteiger partial charge in [0.25, 0.3) is 5.91 Å². The van der Waals surface area contributed by atoms with E-state index >= 15 is 0 Å². The Balaban J connectivity index is 1.56. The first-order valence-electron chi connectivity index (χ1n) is 10.6. The standard InChI is InChI=1S/C23H29NO6/c1-3-4-17-11-21(25)30-20-12-18(9-10-19(17)20)29-14(2)22(26)24-13-15-5-7-16(8-6-15)23(27)28/h9-12,14-16H,3-8,13H2,1-2H3,(H,24,26)(H,27,28)/p-1/t14-,15?,16?/m1/s1. The number of rotatable bonds is 8. The van der Waals surface area contributed by atoms with Gasteiger partial charge in [-0.1, -0.05) is 13.3 Å². The Kier molecular flexibility index (Phi) is 7.13. The number of hydrogen-bond donors (Lipinski definition) is 1. The highest BCUT2D eigenvalue weighted by molar-refractivity contribution is 5.83. The number of aliphatic carboxylic acids is 1. The first kappa shape index (κ1) is 21.9. The van der Waals surface area contributed by atoms with Crippen LogP contribution in [0.5, 0.6) is 5.75 Å². The van der Waals surface area contributed by atoms with Crippen LogP contribution in [0.1, 0.15) is 51.5 Å². The second-order valence-corrected chi connectivity index (χ2v) is 8.04. The Morgan fingerprint density at radius 2 is 1.97 bits per heavy atom. The fraction of sp³-hybridized carbons (Fsp3) is 0.522. The molecule has 1 aromatic carbocycles. The number of fused-ring (bicyclic) bond motifs is 1. The average Bonchev–Trinajstić information content (AvgIpc) is 2.72. The first-order valence-corrected chi connectivity index (χ1v) is 10.6. The molecule has 0 aliphatic heterocycles. The van der Waals surface area contributed by atoms with Gasteiger partial charge in [0, 0.05) is 30.0 Å². The fourth-order valence-corrected chi connectivity index (χ4v) is 4.01. The number of benzene rings is 1. The summed E-state index contributed by atoms with van der Waals surface area (Å²) in [4.78, 5) is 35.1. The van der Waals surface area contributed by atoms with E-state index in [1.807, 2.05) is 13.0 Å². The predicted octanol–water partition coefficient (Wildman–Crippen LogP) is 2.19. The monoisotopic (exact) mass is 414 g/mol. The van der Waals surface area contributed by atoms with Gasteiger partial charge in [0.05, 0.1) is 0 Å². The lowest BCUT2D eigenvalue weighted by Gasteiger charge is -2.29. The minimum absolute atomic E-state index is 0.238. The molecule has 1 amide bonds.